The van der Waals surface area contributed by atoms with Crippen LogP contribution >= 0.6 is 0 Å². The molecule has 0 saturated carbocycles. The van der Waals surface area contributed by atoms with Crippen LogP contribution in [0.15, 0.2) is 54.6 Å². The fourth-order valence-electron chi connectivity index (χ4n) is 3.13. The summed E-state index contributed by atoms with van der Waals surface area (Å²) in [6.07, 6.45) is 0.515. The average Bonchev–Trinajstić information content (AvgIpc) is 2.90. The van der Waals surface area contributed by atoms with E-state index >= 15 is 0 Å². The van der Waals surface area contributed by atoms with Crippen molar-refractivity contribution in [3.63, 3.8) is 0 Å². The zero-order valence-corrected chi connectivity index (χ0v) is 12.4. The van der Waals surface area contributed by atoms with E-state index in [0.29, 0.717) is 13.0 Å². The molecule has 4 heteroatoms. The van der Waals surface area contributed by atoms with Gasteiger partial charge in [-0.25, -0.2) is 4.79 Å². The highest BCUT2D eigenvalue weighted by atomic mass is 16.4. The Hall–Kier alpha value is -2.33. The molecule has 1 fully saturated rings. The van der Waals surface area contributed by atoms with E-state index < -0.39 is 6.09 Å². The van der Waals surface area contributed by atoms with Gasteiger partial charge in [-0.3, -0.25) is 0 Å². The summed E-state index contributed by atoms with van der Waals surface area (Å²) in [4.78, 5) is 12.8. The smallest absolute Gasteiger partial charge is 0.407 e. The van der Waals surface area contributed by atoms with Gasteiger partial charge >= 0.3 is 6.09 Å². The summed E-state index contributed by atoms with van der Waals surface area (Å²) in [5.41, 5.74) is 9.53. The lowest BCUT2D eigenvalue weighted by atomic mass is 9.97. The predicted molar refractivity (Wildman–Crippen MR) is 86.7 cm³/mol. The van der Waals surface area contributed by atoms with Crippen LogP contribution in [0.25, 0.3) is 11.1 Å². The highest BCUT2D eigenvalue weighted by Crippen LogP contribution is 2.24. The Balaban J connectivity index is 1.82. The summed E-state index contributed by atoms with van der Waals surface area (Å²) >= 11 is 0. The van der Waals surface area contributed by atoms with Crippen molar-refractivity contribution in [2.75, 3.05) is 6.54 Å². The Kier molecular flexibility index (Phi) is 4.11. The van der Waals surface area contributed by atoms with Crippen LogP contribution in [0.4, 0.5) is 4.79 Å². The van der Waals surface area contributed by atoms with Gasteiger partial charge < -0.3 is 15.7 Å². The molecule has 2 atom stereocenters. The lowest BCUT2D eigenvalue weighted by molar-refractivity contribution is 0.138. The minimum atomic E-state index is -0.878. The van der Waals surface area contributed by atoms with Crippen LogP contribution < -0.4 is 5.73 Å². The molecule has 2 aromatic carbocycles. The Morgan fingerprint density at radius 2 is 1.86 bits per heavy atom. The van der Waals surface area contributed by atoms with Gasteiger partial charge in [0, 0.05) is 12.6 Å². The molecule has 1 aliphatic heterocycles. The molecule has 0 radical (unpaired) electrons. The third-order valence-corrected chi connectivity index (χ3v) is 4.32. The summed E-state index contributed by atoms with van der Waals surface area (Å²) in [7, 11) is 0. The number of nitrogens with zero attached hydrogens (tertiary/aromatic N) is 1. The van der Waals surface area contributed by atoms with Crippen LogP contribution in [-0.2, 0) is 6.42 Å². The fourth-order valence-corrected chi connectivity index (χ4v) is 3.13. The molecular formula is C18H20N2O2. The zero-order valence-electron chi connectivity index (χ0n) is 12.4. The Morgan fingerprint density at radius 3 is 2.59 bits per heavy atom. The van der Waals surface area contributed by atoms with Gasteiger partial charge in [-0.2, -0.15) is 0 Å². The molecular weight excluding hydrogens is 276 g/mol. The molecule has 22 heavy (non-hydrogen) atoms. The van der Waals surface area contributed by atoms with Gasteiger partial charge in [-0.05, 0) is 29.5 Å². The number of hydrogen-bond donors (Lipinski definition) is 2. The number of benzene rings is 2. The molecule has 3 N–H and O–H groups in total. The number of amides is 1. The molecule has 1 amide bonds. The first-order chi connectivity index (χ1) is 10.6. The van der Waals surface area contributed by atoms with Crippen molar-refractivity contribution in [3.05, 3.63) is 60.2 Å². The van der Waals surface area contributed by atoms with E-state index in [9.17, 15) is 9.90 Å². The zero-order chi connectivity index (χ0) is 15.5. The van der Waals surface area contributed by atoms with Crippen LogP contribution in [0.3, 0.4) is 0 Å². The molecule has 1 saturated heterocycles. The second kappa shape index (κ2) is 6.20. The number of nitrogens with two attached hydrogens (primary N) is 1. The standard InChI is InChI=1S/C18H20N2O2/c19-16-9-10-20(18(21)22)17(16)12-13-5-4-8-15(11-13)14-6-2-1-3-7-14/h1-8,11,16-17H,9-10,12,19H2,(H,21,22). The second-order valence-electron chi connectivity index (χ2n) is 5.77. The quantitative estimate of drug-likeness (QED) is 0.915. The molecule has 2 unspecified atom stereocenters. The Bertz CT molecular complexity index is 657. The first-order valence-corrected chi connectivity index (χ1v) is 7.54. The minimum absolute atomic E-state index is 0.0866. The fraction of sp³-hybridized carbons (Fsp3) is 0.278. The van der Waals surface area contributed by atoms with Crippen molar-refractivity contribution in [2.45, 2.75) is 24.9 Å². The largest absolute Gasteiger partial charge is 0.465 e. The van der Waals surface area contributed by atoms with Gasteiger partial charge in [0.2, 0.25) is 0 Å². The molecule has 3 rings (SSSR count). The highest BCUT2D eigenvalue weighted by molar-refractivity contribution is 5.66. The van der Waals surface area contributed by atoms with Gasteiger partial charge in [0.15, 0.2) is 0 Å². The topological polar surface area (TPSA) is 66.6 Å². The van der Waals surface area contributed by atoms with Gasteiger partial charge in [-0.15, -0.1) is 0 Å². The van der Waals surface area contributed by atoms with Gasteiger partial charge in [0.25, 0.3) is 0 Å². The molecule has 1 heterocycles. The second-order valence-corrected chi connectivity index (χ2v) is 5.77. The maximum absolute atomic E-state index is 11.3. The van der Waals surface area contributed by atoms with Crippen LogP contribution in [0.5, 0.6) is 0 Å². The molecule has 0 aliphatic carbocycles. The SMILES string of the molecule is NC1CCN(C(=O)O)C1Cc1cccc(-c2ccccc2)c1. The number of carboxylic acid groups (broad SMARTS) is 1. The first-order valence-electron chi connectivity index (χ1n) is 7.54. The number of likely N-dealkylation sites (tertiary alicyclic amines) is 1. The third-order valence-electron chi connectivity index (χ3n) is 4.32. The molecule has 1 aliphatic rings. The summed E-state index contributed by atoms with van der Waals surface area (Å²) in [5.74, 6) is 0. The van der Waals surface area contributed by atoms with E-state index in [1.807, 2.05) is 30.3 Å². The third kappa shape index (κ3) is 2.97. The van der Waals surface area contributed by atoms with Crippen molar-refractivity contribution in [3.8, 4) is 11.1 Å². The Labute approximate surface area is 130 Å². The number of rotatable bonds is 3. The maximum Gasteiger partial charge on any atom is 0.407 e. The average molecular weight is 296 g/mol. The maximum atomic E-state index is 11.3. The summed E-state index contributed by atoms with van der Waals surface area (Å²) < 4.78 is 0. The van der Waals surface area contributed by atoms with Crippen LogP contribution in [0.1, 0.15) is 12.0 Å². The Morgan fingerprint density at radius 1 is 1.14 bits per heavy atom. The molecule has 0 spiro atoms. The van der Waals surface area contributed by atoms with E-state index in [1.54, 1.807) is 0 Å². The highest BCUT2D eigenvalue weighted by Gasteiger charge is 2.34. The molecule has 4 nitrogen and oxygen atoms in total. The van der Waals surface area contributed by atoms with Gasteiger partial charge in [-0.1, -0.05) is 54.6 Å². The van der Waals surface area contributed by atoms with Crippen molar-refractivity contribution < 1.29 is 9.90 Å². The van der Waals surface area contributed by atoms with E-state index in [0.717, 1.165) is 23.1 Å². The van der Waals surface area contributed by atoms with Crippen LogP contribution in [-0.4, -0.2) is 34.7 Å². The van der Waals surface area contributed by atoms with E-state index in [1.165, 1.54) is 4.90 Å². The number of carbonyl (C=O) groups is 1. The van der Waals surface area contributed by atoms with Crippen molar-refractivity contribution in [2.24, 2.45) is 5.73 Å². The summed E-state index contributed by atoms with van der Waals surface area (Å²) in [5, 5.41) is 9.28. The predicted octanol–water partition coefficient (Wildman–Crippen LogP) is 2.98. The lowest BCUT2D eigenvalue weighted by Gasteiger charge is -2.24. The van der Waals surface area contributed by atoms with E-state index in [4.69, 9.17) is 5.73 Å². The molecule has 2 aromatic rings. The van der Waals surface area contributed by atoms with Crippen LogP contribution in [0.2, 0.25) is 0 Å². The monoisotopic (exact) mass is 296 g/mol. The molecule has 0 bridgehead atoms. The first kappa shape index (κ1) is 14.6. The van der Waals surface area contributed by atoms with Crippen molar-refractivity contribution >= 4 is 6.09 Å². The van der Waals surface area contributed by atoms with E-state index in [2.05, 4.69) is 24.3 Å². The van der Waals surface area contributed by atoms with Gasteiger partial charge in [0.1, 0.15) is 0 Å². The molecule has 0 aromatic heterocycles. The van der Waals surface area contributed by atoms with Gasteiger partial charge in [0.05, 0.1) is 6.04 Å². The summed E-state index contributed by atoms with van der Waals surface area (Å²) in [6, 6.07) is 18.2. The normalized spacial score (nSPS) is 21.0. The van der Waals surface area contributed by atoms with Crippen molar-refractivity contribution in [1.29, 1.82) is 0 Å². The number of hydrogen-bond acceptors (Lipinski definition) is 2. The molecule has 114 valence electrons. The minimum Gasteiger partial charge on any atom is -0.465 e. The van der Waals surface area contributed by atoms with Crippen molar-refractivity contribution in [1.82, 2.24) is 4.90 Å². The van der Waals surface area contributed by atoms with Crippen LogP contribution in [0, 0.1) is 0 Å². The van der Waals surface area contributed by atoms with E-state index in [-0.39, 0.29) is 12.1 Å². The summed E-state index contributed by atoms with van der Waals surface area (Å²) in [6.45, 7) is 0.527. The lowest BCUT2D eigenvalue weighted by Crippen LogP contribution is -2.43.